The van der Waals surface area contributed by atoms with Crippen molar-refractivity contribution in [3.05, 3.63) is 71.7 Å². The highest BCUT2D eigenvalue weighted by atomic mass is 19.1. The number of amides is 2. The monoisotopic (exact) mass is 590 g/mol. The zero-order valence-electron chi connectivity index (χ0n) is 25.6. The van der Waals surface area contributed by atoms with E-state index in [0.717, 1.165) is 61.8 Å². The second kappa shape index (κ2) is 15.4. The van der Waals surface area contributed by atoms with Crippen LogP contribution in [0.5, 0.6) is 11.5 Å². The number of hydrogen-bond acceptors (Lipinski definition) is 5. The van der Waals surface area contributed by atoms with Crippen molar-refractivity contribution < 1.29 is 23.5 Å². The molecular weight excluding hydrogens is 547 g/mol. The molecule has 3 aromatic rings. The minimum atomic E-state index is -0.589. The lowest BCUT2D eigenvalue weighted by molar-refractivity contribution is -0.122. The summed E-state index contributed by atoms with van der Waals surface area (Å²) in [5.74, 6) is 0.417. The van der Waals surface area contributed by atoms with Gasteiger partial charge in [0.1, 0.15) is 17.3 Å². The van der Waals surface area contributed by atoms with Gasteiger partial charge in [0.05, 0.1) is 44.0 Å². The Morgan fingerprint density at radius 1 is 1.00 bits per heavy atom. The average Bonchev–Trinajstić information content (AvgIpc) is 3.70. The summed E-state index contributed by atoms with van der Waals surface area (Å²) in [7, 11) is 3.21. The van der Waals surface area contributed by atoms with Gasteiger partial charge in [-0.25, -0.2) is 4.39 Å². The van der Waals surface area contributed by atoms with Gasteiger partial charge < -0.3 is 20.1 Å². The maximum atomic E-state index is 13.6. The maximum absolute atomic E-state index is 13.6. The number of carbonyl (C=O) groups is 2. The highest BCUT2D eigenvalue weighted by Crippen LogP contribution is 2.41. The third-order valence-electron chi connectivity index (χ3n) is 7.91. The molecule has 2 fully saturated rings. The van der Waals surface area contributed by atoms with E-state index >= 15 is 0 Å². The Kier molecular flexibility index (Phi) is 11.4. The van der Waals surface area contributed by atoms with Crippen molar-refractivity contribution in [1.29, 1.82) is 0 Å². The molecule has 2 amide bonds. The lowest BCUT2D eigenvalue weighted by Gasteiger charge is -2.27. The van der Waals surface area contributed by atoms with Gasteiger partial charge in [0.25, 0.3) is 5.91 Å². The van der Waals surface area contributed by atoms with Gasteiger partial charge in [-0.2, -0.15) is 5.10 Å². The number of carbonyl (C=O) groups excluding carboxylic acids is 2. The van der Waals surface area contributed by atoms with E-state index in [9.17, 15) is 14.0 Å². The molecule has 43 heavy (non-hydrogen) atoms. The summed E-state index contributed by atoms with van der Waals surface area (Å²) in [5, 5.41) is 10.8. The van der Waals surface area contributed by atoms with E-state index in [0.29, 0.717) is 11.5 Å². The fraction of sp³-hybridized carbons (Fsp3) is 0.441. The van der Waals surface area contributed by atoms with Gasteiger partial charge in [0.15, 0.2) is 5.69 Å². The fourth-order valence-corrected chi connectivity index (χ4v) is 5.47. The predicted molar refractivity (Wildman–Crippen MR) is 167 cm³/mol. The van der Waals surface area contributed by atoms with E-state index in [1.165, 1.54) is 12.1 Å². The van der Waals surface area contributed by atoms with E-state index in [-0.39, 0.29) is 41.8 Å². The molecule has 0 spiro atoms. The number of rotatable bonds is 11. The second-order valence-electron chi connectivity index (χ2n) is 10.7. The summed E-state index contributed by atoms with van der Waals surface area (Å²) >= 11 is 0. The number of aromatic nitrogens is 2. The van der Waals surface area contributed by atoms with Gasteiger partial charge in [0, 0.05) is 6.04 Å². The standard InChI is InChI=1S/C32H37FN4O4.C2H6/c1-40-28-11-6-12-29(41-2)31(28)27-20-26(36-37(27)25-9-3-4-10-25)32(39)35-24(19-30(38)34-23-7-5-8-23)18-15-21-13-16-22(33)17-14-21;1-2/h6,11-18,20,23-25H,3-5,7-10,19H2,1-2H3,(H,34,38)(H,35,39);1-2H3/b18-15+;/t24-;/m0./s1. The Hall–Kier alpha value is -4.14. The summed E-state index contributed by atoms with van der Waals surface area (Å²) in [6.07, 6.45) is 10.8. The zero-order chi connectivity index (χ0) is 30.8. The highest BCUT2D eigenvalue weighted by Gasteiger charge is 2.28. The molecule has 2 aliphatic carbocycles. The third-order valence-corrected chi connectivity index (χ3v) is 7.91. The van der Waals surface area contributed by atoms with E-state index in [1.54, 1.807) is 44.6 Å². The second-order valence-corrected chi connectivity index (χ2v) is 10.7. The maximum Gasteiger partial charge on any atom is 0.272 e. The largest absolute Gasteiger partial charge is 0.496 e. The molecule has 0 saturated heterocycles. The molecule has 9 heteroatoms. The third kappa shape index (κ3) is 8.03. The fourth-order valence-electron chi connectivity index (χ4n) is 5.47. The van der Waals surface area contributed by atoms with E-state index in [1.807, 2.05) is 36.7 Å². The lowest BCUT2D eigenvalue weighted by Crippen LogP contribution is -2.43. The zero-order valence-corrected chi connectivity index (χ0v) is 25.6. The average molecular weight is 591 g/mol. The Bertz CT molecular complexity index is 1370. The summed E-state index contributed by atoms with van der Waals surface area (Å²) in [5.41, 5.74) is 2.50. The van der Waals surface area contributed by atoms with Crippen LogP contribution in [0.2, 0.25) is 0 Å². The molecule has 2 aromatic carbocycles. The minimum Gasteiger partial charge on any atom is -0.496 e. The van der Waals surface area contributed by atoms with Crippen molar-refractivity contribution >= 4 is 17.9 Å². The van der Waals surface area contributed by atoms with Gasteiger partial charge in [-0.1, -0.05) is 57.0 Å². The first-order valence-electron chi connectivity index (χ1n) is 15.3. The van der Waals surface area contributed by atoms with Crippen LogP contribution in [0.25, 0.3) is 17.3 Å². The van der Waals surface area contributed by atoms with Gasteiger partial charge in [-0.05, 0) is 68.0 Å². The number of hydrogen-bond donors (Lipinski definition) is 2. The molecule has 2 saturated carbocycles. The summed E-state index contributed by atoms with van der Waals surface area (Å²) < 4.78 is 26.6. The molecule has 8 nitrogen and oxygen atoms in total. The molecule has 230 valence electrons. The molecule has 0 radical (unpaired) electrons. The first-order valence-corrected chi connectivity index (χ1v) is 15.3. The number of nitrogens with one attached hydrogen (secondary N) is 2. The van der Waals surface area contributed by atoms with E-state index < -0.39 is 6.04 Å². The highest BCUT2D eigenvalue weighted by molar-refractivity contribution is 5.95. The van der Waals surface area contributed by atoms with Crippen LogP contribution in [0.1, 0.15) is 87.3 Å². The van der Waals surface area contributed by atoms with Crippen molar-refractivity contribution in [1.82, 2.24) is 20.4 Å². The molecule has 2 aliphatic rings. The molecule has 1 atom stereocenters. The lowest BCUT2D eigenvalue weighted by atomic mass is 9.93. The molecule has 5 rings (SSSR count). The molecule has 2 N–H and O–H groups in total. The van der Waals surface area contributed by atoms with Gasteiger partial charge in [-0.3, -0.25) is 14.3 Å². The first kappa shape index (κ1) is 31.8. The van der Waals surface area contributed by atoms with Crippen LogP contribution in [-0.2, 0) is 4.79 Å². The normalized spacial score (nSPS) is 15.7. The topological polar surface area (TPSA) is 94.5 Å². The van der Waals surface area contributed by atoms with Crippen LogP contribution in [-0.4, -0.2) is 47.9 Å². The molecular formula is C34H43FN4O4. The Labute approximate surface area is 253 Å². The number of benzene rings is 2. The Balaban J connectivity index is 0.00000207. The van der Waals surface area contributed by atoms with Crippen molar-refractivity contribution in [3.8, 4) is 22.8 Å². The van der Waals surface area contributed by atoms with Gasteiger partial charge in [0.2, 0.25) is 5.91 Å². The van der Waals surface area contributed by atoms with E-state index in [2.05, 4.69) is 10.6 Å². The molecule has 1 aromatic heterocycles. The quantitative estimate of drug-likeness (QED) is 0.259. The molecule has 0 bridgehead atoms. The van der Waals surface area contributed by atoms with Crippen LogP contribution >= 0.6 is 0 Å². The van der Waals surface area contributed by atoms with E-state index in [4.69, 9.17) is 14.6 Å². The first-order chi connectivity index (χ1) is 20.9. The van der Waals surface area contributed by atoms with Crippen molar-refractivity contribution in [2.75, 3.05) is 14.2 Å². The van der Waals surface area contributed by atoms with Crippen LogP contribution in [0.15, 0.2) is 54.6 Å². The molecule has 1 heterocycles. The van der Waals surface area contributed by atoms with Crippen LogP contribution in [0, 0.1) is 5.82 Å². The Morgan fingerprint density at radius 2 is 1.65 bits per heavy atom. The van der Waals surface area contributed by atoms with Gasteiger partial charge >= 0.3 is 0 Å². The van der Waals surface area contributed by atoms with Crippen molar-refractivity contribution in [2.24, 2.45) is 0 Å². The minimum absolute atomic E-state index is 0.0798. The summed E-state index contributed by atoms with van der Waals surface area (Å²) in [6, 6.07) is 13.2. The molecule has 0 unspecified atom stereocenters. The number of halogens is 1. The smallest absolute Gasteiger partial charge is 0.272 e. The van der Waals surface area contributed by atoms with Crippen LogP contribution in [0.4, 0.5) is 4.39 Å². The summed E-state index contributed by atoms with van der Waals surface area (Å²) in [6.45, 7) is 4.00. The van der Waals surface area contributed by atoms with Crippen LogP contribution in [0.3, 0.4) is 0 Å². The number of ether oxygens (including phenoxy) is 2. The molecule has 0 aliphatic heterocycles. The number of methoxy groups -OCH3 is 2. The van der Waals surface area contributed by atoms with Crippen molar-refractivity contribution in [2.45, 2.75) is 83.3 Å². The SMILES string of the molecule is CC.COc1cccc(OC)c1-c1cc(C(=O)N[C@@H](/C=C/c2ccc(F)cc2)CC(=O)NC2CCC2)nn1C1CCCC1. The van der Waals surface area contributed by atoms with Crippen molar-refractivity contribution in [3.63, 3.8) is 0 Å². The predicted octanol–water partition coefficient (Wildman–Crippen LogP) is 6.72. The Morgan fingerprint density at radius 3 is 2.23 bits per heavy atom. The van der Waals surface area contributed by atoms with Crippen LogP contribution < -0.4 is 20.1 Å². The number of nitrogens with zero attached hydrogens (tertiary/aromatic N) is 2. The van der Waals surface area contributed by atoms with Gasteiger partial charge in [-0.15, -0.1) is 0 Å². The summed E-state index contributed by atoms with van der Waals surface area (Å²) in [4.78, 5) is 26.4.